The van der Waals surface area contributed by atoms with Crippen molar-refractivity contribution < 1.29 is 4.74 Å². The lowest BCUT2D eigenvalue weighted by molar-refractivity contribution is 0.320. The minimum Gasteiger partial charge on any atom is -0.497 e. The van der Waals surface area contributed by atoms with Crippen LogP contribution in [-0.2, 0) is 0 Å². The van der Waals surface area contributed by atoms with Crippen molar-refractivity contribution in [2.45, 2.75) is 24.3 Å². The summed E-state index contributed by atoms with van der Waals surface area (Å²) in [6.45, 7) is 3.28. The van der Waals surface area contributed by atoms with E-state index in [-0.39, 0.29) is 12.1 Å². The van der Waals surface area contributed by atoms with Crippen LogP contribution in [0.4, 0.5) is 0 Å². The average Bonchev–Trinajstić information content (AvgIpc) is 3.11. The van der Waals surface area contributed by atoms with E-state index in [0.717, 1.165) is 23.2 Å². The number of benzene rings is 1. The summed E-state index contributed by atoms with van der Waals surface area (Å²) in [6.07, 6.45) is 1.84. The molecule has 4 nitrogen and oxygen atoms in total. The lowest BCUT2D eigenvalue weighted by Gasteiger charge is -2.27. The molecule has 3 heterocycles. The van der Waals surface area contributed by atoms with Gasteiger partial charge in [0.05, 0.1) is 18.8 Å². The first kappa shape index (κ1) is 14.6. The lowest BCUT2D eigenvalue weighted by Crippen LogP contribution is -2.28. The zero-order chi connectivity index (χ0) is 15.8. The van der Waals surface area contributed by atoms with Crippen LogP contribution in [0, 0.1) is 0 Å². The van der Waals surface area contributed by atoms with Gasteiger partial charge < -0.3 is 9.64 Å². The van der Waals surface area contributed by atoms with Crippen molar-refractivity contribution >= 4 is 16.9 Å². The second-order valence-corrected chi connectivity index (χ2v) is 7.32. The second-order valence-electron chi connectivity index (χ2n) is 5.91. The third-order valence-electron chi connectivity index (χ3n) is 4.32. The summed E-state index contributed by atoms with van der Waals surface area (Å²) in [5, 5.41) is 1.72. The first-order valence-corrected chi connectivity index (χ1v) is 8.70. The van der Waals surface area contributed by atoms with Gasteiger partial charge in [-0.15, -0.1) is 0 Å². The molecule has 1 saturated heterocycles. The predicted molar refractivity (Wildman–Crippen MR) is 93.9 cm³/mol. The fourth-order valence-electron chi connectivity index (χ4n) is 3.30. The summed E-state index contributed by atoms with van der Waals surface area (Å²) in [5.74, 6) is 0.885. The Morgan fingerprint density at radius 2 is 2.13 bits per heavy atom. The minimum atomic E-state index is 0.0401. The molecule has 118 valence electrons. The van der Waals surface area contributed by atoms with Crippen LogP contribution in [0.25, 0.3) is 0 Å². The van der Waals surface area contributed by atoms with Crippen LogP contribution in [-0.4, -0.2) is 34.0 Å². The van der Waals surface area contributed by atoms with Crippen LogP contribution in [0.3, 0.4) is 0 Å². The highest BCUT2D eigenvalue weighted by Crippen LogP contribution is 2.47. The molecule has 4 rings (SSSR count). The molecule has 3 atom stereocenters. The normalized spacial score (nSPS) is 26.1. The summed E-state index contributed by atoms with van der Waals surface area (Å²) < 4.78 is 5.41. The Hall–Kier alpha value is -2.01. The van der Waals surface area contributed by atoms with Crippen LogP contribution in [0.15, 0.2) is 53.7 Å². The topological polar surface area (TPSA) is 37.7 Å². The Bertz CT molecular complexity index is 734. The molecule has 2 aliphatic rings. The third-order valence-corrected chi connectivity index (χ3v) is 5.42. The molecule has 0 saturated carbocycles. The zero-order valence-electron chi connectivity index (χ0n) is 13.2. The van der Waals surface area contributed by atoms with Gasteiger partial charge in [0, 0.05) is 18.0 Å². The number of hydrogen-bond acceptors (Lipinski definition) is 5. The summed E-state index contributed by atoms with van der Waals surface area (Å²) in [6, 6.07) is 14.6. The highest BCUT2D eigenvalue weighted by molar-refractivity contribution is 8.14. The average molecular weight is 325 g/mol. The van der Waals surface area contributed by atoms with Gasteiger partial charge >= 0.3 is 0 Å². The van der Waals surface area contributed by atoms with Gasteiger partial charge in [0.2, 0.25) is 0 Å². The van der Waals surface area contributed by atoms with Crippen LogP contribution in [0.2, 0.25) is 0 Å². The fraction of sp³-hybridized carbons (Fsp3) is 0.333. The molecule has 1 aromatic carbocycles. The molecule has 0 radical (unpaired) electrons. The van der Waals surface area contributed by atoms with Crippen molar-refractivity contribution in [3.63, 3.8) is 0 Å². The van der Waals surface area contributed by atoms with Gasteiger partial charge in [-0.25, -0.2) is 0 Å². The number of thioether (sulfide) groups is 1. The number of ether oxygens (including phenoxy) is 1. The van der Waals surface area contributed by atoms with E-state index in [1.165, 1.54) is 5.56 Å². The standard InChI is InChI=1S/C18H19N3OS/c1-12-11-21-17(13-6-5-7-14(10-13)22-2)16(20-18(21)23-12)15-8-3-4-9-19-15/h3-10,12,16-17H,11H2,1-2H3/t12-,16+,17-/m1/s1. The van der Waals surface area contributed by atoms with Crippen LogP contribution < -0.4 is 4.74 Å². The molecule has 0 spiro atoms. The Morgan fingerprint density at radius 1 is 1.22 bits per heavy atom. The smallest absolute Gasteiger partial charge is 0.160 e. The number of rotatable bonds is 3. The van der Waals surface area contributed by atoms with E-state index in [1.807, 2.05) is 42.2 Å². The molecule has 0 N–H and O–H groups in total. The van der Waals surface area contributed by atoms with Gasteiger partial charge in [0.1, 0.15) is 11.8 Å². The largest absolute Gasteiger partial charge is 0.497 e. The molecule has 2 aliphatic heterocycles. The molecule has 0 aliphatic carbocycles. The summed E-state index contributed by atoms with van der Waals surface area (Å²) in [4.78, 5) is 12.0. The Morgan fingerprint density at radius 3 is 2.91 bits per heavy atom. The van der Waals surface area contributed by atoms with E-state index in [0.29, 0.717) is 5.25 Å². The third kappa shape index (κ3) is 2.59. The second kappa shape index (κ2) is 5.89. The van der Waals surface area contributed by atoms with E-state index in [9.17, 15) is 0 Å². The number of methoxy groups -OCH3 is 1. The maximum absolute atomic E-state index is 5.41. The maximum atomic E-state index is 5.41. The molecule has 0 bridgehead atoms. The van der Waals surface area contributed by atoms with Gasteiger partial charge in [-0.2, -0.15) is 0 Å². The first-order chi connectivity index (χ1) is 11.3. The number of aliphatic imine (C=N–C) groups is 1. The van der Waals surface area contributed by atoms with Crippen molar-refractivity contribution in [1.29, 1.82) is 0 Å². The zero-order valence-corrected chi connectivity index (χ0v) is 14.0. The number of nitrogens with zero attached hydrogens (tertiary/aromatic N) is 3. The van der Waals surface area contributed by atoms with Gasteiger partial charge in [-0.1, -0.05) is 36.9 Å². The van der Waals surface area contributed by atoms with Gasteiger partial charge in [-0.05, 0) is 29.8 Å². The molecular formula is C18H19N3OS. The number of hydrogen-bond donors (Lipinski definition) is 0. The predicted octanol–water partition coefficient (Wildman–Crippen LogP) is 3.68. The van der Waals surface area contributed by atoms with Gasteiger partial charge in [0.25, 0.3) is 0 Å². The summed E-state index contributed by atoms with van der Waals surface area (Å²) >= 11 is 1.86. The van der Waals surface area contributed by atoms with Crippen molar-refractivity contribution in [3.8, 4) is 5.75 Å². The lowest BCUT2D eigenvalue weighted by atomic mass is 9.96. The number of amidine groups is 1. The van der Waals surface area contributed by atoms with E-state index >= 15 is 0 Å². The van der Waals surface area contributed by atoms with Gasteiger partial charge in [0.15, 0.2) is 5.17 Å². The minimum absolute atomic E-state index is 0.0401. The molecule has 0 amide bonds. The van der Waals surface area contributed by atoms with Crippen LogP contribution in [0.5, 0.6) is 5.75 Å². The van der Waals surface area contributed by atoms with E-state index in [4.69, 9.17) is 9.73 Å². The van der Waals surface area contributed by atoms with E-state index < -0.39 is 0 Å². The van der Waals surface area contributed by atoms with Crippen molar-refractivity contribution in [1.82, 2.24) is 9.88 Å². The van der Waals surface area contributed by atoms with E-state index in [1.54, 1.807) is 7.11 Å². The number of fused-ring (bicyclic) bond motifs is 1. The molecule has 0 unspecified atom stereocenters. The van der Waals surface area contributed by atoms with Crippen molar-refractivity contribution in [2.24, 2.45) is 4.99 Å². The van der Waals surface area contributed by atoms with Gasteiger partial charge in [-0.3, -0.25) is 9.98 Å². The molecule has 1 aromatic heterocycles. The summed E-state index contributed by atoms with van der Waals surface area (Å²) in [7, 11) is 1.71. The van der Waals surface area contributed by atoms with Crippen molar-refractivity contribution in [2.75, 3.05) is 13.7 Å². The SMILES string of the molecule is COc1cccc([C@@H]2[C@H](c3ccccn3)N=C3S[C@H](C)CN32)c1. The number of aromatic nitrogens is 1. The first-order valence-electron chi connectivity index (χ1n) is 7.82. The highest BCUT2D eigenvalue weighted by atomic mass is 32.2. The maximum Gasteiger partial charge on any atom is 0.160 e. The molecular weight excluding hydrogens is 306 g/mol. The summed E-state index contributed by atoms with van der Waals surface area (Å²) in [5.41, 5.74) is 2.25. The molecule has 2 aromatic rings. The van der Waals surface area contributed by atoms with E-state index in [2.05, 4.69) is 35.0 Å². The number of pyridine rings is 1. The molecule has 5 heteroatoms. The fourth-order valence-corrected chi connectivity index (χ4v) is 4.40. The Kier molecular flexibility index (Phi) is 3.73. The molecule has 23 heavy (non-hydrogen) atoms. The van der Waals surface area contributed by atoms with Crippen LogP contribution >= 0.6 is 11.8 Å². The highest BCUT2D eigenvalue weighted by Gasteiger charge is 2.43. The Balaban J connectivity index is 1.77. The van der Waals surface area contributed by atoms with Crippen molar-refractivity contribution in [3.05, 3.63) is 59.9 Å². The Labute approximate surface area is 140 Å². The quantitative estimate of drug-likeness (QED) is 0.863. The van der Waals surface area contributed by atoms with Crippen LogP contribution in [0.1, 0.15) is 30.3 Å². The molecule has 1 fully saturated rings. The monoisotopic (exact) mass is 325 g/mol.